The lowest BCUT2D eigenvalue weighted by molar-refractivity contribution is -0.146. The van der Waals surface area contributed by atoms with Crippen molar-refractivity contribution in [2.24, 2.45) is 5.92 Å². The summed E-state index contributed by atoms with van der Waals surface area (Å²) in [4.78, 5) is 24.2. The molecule has 100 valence electrons. The Morgan fingerprint density at radius 3 is 2.53 bits per heavy atom. The average Bonchev–Trinajstić information content (AvgIpc) is 2.34. The summed E-state index contributed by atoms with van der Waals surface area (Å²) in [6, 6.07) is 6.78. The van der Waals surface area contributed by atoms with E-state index in [-0.39, 0.29) is 19.0 Å². The van der Waals surface area contributed by atoms with Crippen molar-refractivity contribution in [1.29, 1.82) is 0 Å². The number of rotatable bonds is 5. The van der Waals surface area contributed by atoms with E-state index in [9.17, 15) is 9.59 Å². The number of ether oxygens (including phenoxy) is 1. The van der Waals surface area contributed by atoms with Gasteiger partial charge in [0.2, 0.25) is 0 Å². The third-order valence-corrected chi connectivity index (χ3v) is 2.99. The van der Waals surface area contributed by atoms with E-state index in [1.807, 2.05) is 0 Å². The minimum absolute atomic E-state index is 0.146. The van der Waals surface area contributed by atoms with E-state index in [0.29, 0.717) is 17.9 Å². The predicted octanol–water partition coefficient (Wildman–Crippen LogP) is 1.41. The van der Waals surface area contributed by atoms with Crippen molar-refractivity contribution in [3.63, 3.8) is 0 Å². The van der Waals surface area contributed by atoms with Gasteiger partial charge in [0.15, 0.2) is 0 Å². The number of carbonyl (C=O) groups is 2. The molecule has 1 N–H and O–H groups in total. The zero-order valence-corrected chi connectivity index (χ0v) is 10.4. The molecular weight excluding hydrogens is 246 g/mol. The van der Waals surface area contributed by atoms with Crippen molar-refractivity contribution >= 4 is 11.9 Å². The number of nitrogens with zero attached hydrogens (tertiary/aromatic N) is 1. The van der Waals surface area contributed by atoms with Crippen LogP contribution in [0.25, 0.3) is 0 Å². The highest BCUT2D eigenvalue weighted by Gasteiger charge is 2.35. The number of benzene rings is 1. The molecule has 1 heterocycles. The molecule has 0 bridgehead atoms. The first-order valence-corrected chi connectivity index (χ1v) is 5.97. The number of aliphatic carboxylic acids is 1. The second-order valence-electron chi connectivity index (χ2n) is 4.37. The van der Waals surface area contributed by atoms with Crippen LogP contribution in [-0.2, 0) is 4.79 Å². The summed E-state index contributed by atoms with van der Waals surface area (Å²) < 4.78 is 5.32. The molecule has 0 aromatic heterocycles. The number of carbonyl (C=O) groups excluding carboxylic acids is 1. The van der Waals surface area contributed by atoms with Gasteiger partial charge >= 0.3 is 5.97 Å². The minimum atomic E-state index is -0.850. The van der Waals surface area contributed by atoms with E-state index in [2.05, 4.69) is 6.58 Å². The highest BCUT2D eigenvalue weighted by molar-refractivity contribution is 5.95. The van der Waals surface area contributed by atoms with Crippen molar-refractivity contribution in [3.05, 3.63) is 42.5 Å². The predicted molar refractivity (Wildman–Crippen MR) is 69.2 cm³/mol. The largest absolute Gasteiger partial charge is 0.490 e. The molecule has 2 rings (SSSR count). The number of carboxylic acid groups (broad SMARTS) is 1. The summed E-state index contributed by atoms with van der Waals surface area (Å²) >= 11 is 0. The monoisotopic (exact) mass is 261 g/mol. The van der Waals surface area contributed by atoms with Gasteiger partial charge in [0.25, 0.3) is 5.91 Å². The number of hydrogen-bond acceptors (Lipinski definition) is 3. The molecule has 1 aliphatic rings. The molecule has 1 aliphatic heterocycles. The lowest BCUT2D eigenvalue weighted by atomic mass is 9.99. The normalized spacial score (nSPS) is 14.6. The van der Waals surface area contributed by atoms with Crippen molar-refractivity contribution < 1.29 is 19.4 Å². The maximum absolute atomic E-state index is 12.0. The van der Waals surface area contributed by atoms with Gasteiger partial charge in [-0.05, 0) is 24.3 Å². The van der Waals surface area contributed by atoms with E-state index in [4.69, 9.17) is 9.84 Å². The molecule has 0 aliphatic carbocycles. The topological polar surface area (TPSA) is 66.8 Å². The average molecular weight is 261 g/mol. The van der Waals surface area contributed by atoms with Gasteiger partial charge in [-0.15, -0.1) is 0 Å². The van der Waals surface area contributed by atoms with Crippen LogP contribution in [0, 0.1) is 5.92 Å². The van der Waals surface area contributed by atoms with Gasteiger partial charge in [-0.25, -0.2) is 0 Å². The van der Waals surface area contributed by atoms with Gasteiger partial charge in [0.05, 0.1) is 5.92 Å². The van der Waals surface area contributed by atoms with Crippen LogP contribution >= 0.6 is 0 Å². The Morgan fingerprint density at radius 2 is 2.00 bits per heavy atom. The number of amides is 1. The molecule has 0 unspecified atom stereocenters. The molecule has 1 fully saturated rings. The van der Waals surface area contributed by atoms with Crippen LogP contribution in [0.4, 0.5) is 0 Å². The molecule has 0 saturated carbocycles. The molecule has 5 heteroatoms. The summed E-state index contributed by atoms with van der Waals surface area (Å²) in [5, 5.41) is 8.76. The molecule has 0 spiro atoms. The van der Waals surface area contributed by atoms with Crippen LogP contribution in [0.2, 0.25) is 0 Å². The van der Waals surface area contributed by atoms with Gasteiger partial charge in [0, 0.05) is 18.7 Å². The zero-order chi connectivity index (χ0) is 13.8. The fraction of sp³-hybridized carbons (Fsp3) is 0.286. The lowest BCUT2D eigenvalue weighted by Crippen LogP contribution is -2.53. The molecule has 5 nitrogen and oxygen atoms in total. The Balaban J connectivity index is 1.93. The first-order chi connectivity index (χ1) is 9.11. The fourth-order valence-electron chi connectivity index (χ4n) is 1.83. The fourth-order valence-corrected chi connectivity index (χ4v) is 1.83. The summed E-state index contributed by atoms with van der Waals surface area (Å²) in [6.07, 6.45) is 1.64. The van der Waals surface area contributed by atoms with E-state index in [0.717, 1.165) is 0 Å². The maximum Gasteiger partial charge on any atom is 0.310 e. The van der Waals surface area contributed by atoms with Gasteiger partial charge in [-0.3, -0.25) is 9.59 Å². The minimum Gasteiger partial charge on any atom is -0.490 e. The molecule has 0 radical (unpaired) electrons. The van der Waals surface area contributed by atoms with E-state index < -0.39 is 11.9 Å². The molecule has 1 saturated heterocycles. The lowest BCUT2D eigenvalue weighted by Gasteiger charge is -2.36. The second kappa shape index (κ2) is 5.56. The van der Waals surface area contributed by atoms with Gasteiger partial charge in [-0.1, -0.05) is 12.7 Å². The Morgan fingerprint density at radius 1 is 1.37 bits per heavy atom. The first kappa shape index (κ1) is 13.1. The van der Waals surface area contributed by atoms with Crippen molar-refractivity contribution in [2.45, 2.75) is 0 Å². The SMILES string of the molecule is C=CCOc1ccc(C(=O)N2CC(C(=O)O)C2)cc1. The van der Waals surface area contributed by atoms with E-state index in [1.165, 1.54) is 4.90 Å². The zero-order valence-electron chi connectivity index (χ0n) is 10.4. The summed E-state index contributed by atoms with van der Waals surface area (Å²) in [6.45, 7) is 4.53. The number of likely N-dealkylation sites (tertiary alicyclic amines) is 1. The Hall–Kier alpha value is -2.30. The van der Waals surface area contributed by atoms with E-state index >= 15 is 0 Å². The highest BCUT2D eigenvalue weighted by atomic mass is 16.5. The van der Waals surface area contributed by atoms with Crippen LogP contribution in [0.5, 0.6) is 5.75 Å². The Labute approximate surface area is 111 Å². The molecular formula is C14H15NO4. The molecule has 19 heavy (non-hydrogen) atoms. The van der Waals surface area contributed by atoms with Crippen LogP contribution in [-0.4, -0.2) is 41.6 Å². The van der Waals surface area contributed by atoms with Crippen LogP contribution in [0.15, 0.2) is 36.9 Å². The highest BCUT2D eigenvalue weighted by Crippen LogP contribution is 2.20. The van der Waals surface area contributed by atoms with E-state index in [1.54, 1.807) is 30.3 Å². The smallest absolute Gasteiger partial charge is 0.310 e. The molecule has 1 aromatic rings. The third kappa shape index (κ3) is 2.93. The van der Waals surface area contributed by atoms with Gasteiger partial charge in [0.1, 0.15) is 12.4 Å². The Bertz CT molecular complexity index is 489. The summed E-state index contributed by atoms with van der Waals surface area (Å²) in [5.41, 5.74) is 0.537. The van der Waals surface area contributed by atoms with Crippen LogP contribution in [0.3, 0.4) is 0 Å². The van der Waals surface area contributed by atoms with Crippen molar-refractivity contribution in [2.75, 3.05) is 19.7 Å². The second-order valence-corrected chi connectivity index (χ2v) is 4.37. The van der Waals surface area contributed by atoms with Crippen LogP contribution in [0.1, 0.15) is 10.4 Å². The quantitative estimate of drug-likeness (QED) is 0.814. The first-order valence-electron chi connectivity index (χ1n) is 5.97. The van der Waals surface area contributed by atoms with Crippen LogP contribution < -0.4 is 4.74 Å². The number of carboxylic acids is 1. The van der Waals surface area contributed by atoms with Gasteiger partial charge < -0.3 is 14.7 Å². The molecule has 1 aromatic carbocycles. The number of hydrogen-bond donors (Lipinski definition) is 1. The summed E-state index contributed by atoms with van der Waals surface area (Å²) in [5.74, 6) is -0.757. The summed E-state index contributed by atoms with van der Waals surface area (Å²) in [7, 11) is 0. The standard InChI is InChI=1S/C14H15NO4/c1-2-7-19-12-5-3-10(4-6-12)13(16)15-8-11(9-15)14(17)18/h2-6,11H,1,7-9H2,(H,17,18). The molecule has 1 amide bonds. The maximum atomic E-state index is 12.0. The van der Waals surface area contributed by atoms with Crippen molar-refractivity contribution in [1.82, 2.24) is 4.90 Å². The molecule has 0 atom stereocenters. The third-order valence-electron chi connectivity index (χ3n) is 2.99. The Kier molecular flexibility index (Phi) is 3.85. The van der Waals surface area contributed by atoms with Crippen molar-refractivity contribution in [3.8, 4) is 5.75 Å². The van der Waals surface area contributed by atoms with Gasteiger partial charge in [-0.2, -0.15) is 0 Å².